The van der Waals surface area contributed by atoms with E-state index in [4.69, 9.17) is 4.74 Å². The normalized spacial score (nSPS) is 14.8. The van der Waals surface area contributed by atoms with Crippen LogP contribution in [0.4, 0.5) is 0 Å². The number of aliphatic hydroxyl groups excluding tert-OH is 2. The van der Waals surface area contributed by atoms with E-state index in [2.05, 4.69) is 34.8 Å². The molecule has 0 saturated heterocycles. The van der Waals surface area contributed by atoms with E-state index in [0.29, 0.717) is 17.9 Å². The number of nitrogens with one attached hydrogen (secondary N) is 3. The highest BCUT2D eigenvalue weighted by atomic mass is 16.5. The summed E-state index contributed by atoms with van der Waals surface area (Å²) in [5, 5.41) is 31.1. The zero-order chi connectivity index (χ0) is 31.6. The SMILES string of the molecule is CCCC(CCC)CC[C@@H](NC(=O)c1cccnc1)C(=O)N[C@@H](Cc1ccccc1)[C@@H](O)[C@H](O)[C@@H](CCOC)NC(C)=O. The Balaban J connectivity index is 2.33. The number of hydrogen-bond donors (Lipinski definition) is 5. The van der Waals surface area contributed by atoms with Crippen molar-refractivity contribution in [2.75, 3.05) is 13.7 Å². The Morgan fingerprint density at radius 1 is 0.837 bits per heavy atom. The van der Waals surface area contributed by atoms with Crippen molar-refractivity contribution in [1.29, 1.82) is 0 Å². The van der Waals surface area contributed by atoms with Crippen LogP contribution in [0.5, 0.6) is 0 Å². The van der Waals surface area contributed by atoms with Gasteiger partial charge in [0.15, 0.2) is 0 Å². The zero-order valence-corrected chi connectivity index (χ0v) is 26.0. The van der Waals surface area contributed by atoms with Gasteiger partial charge in [-0.15, -0.1) is 0 Å². The summed E-state index contributed by atoms with van der Waals surface area (Å²) in [5.74, 6) is -0.805. The van der Waals surface area contributed by atoms with Crippen molar-refractivity contribution in [3.05, 3.63) is 66.0 Å². The molecule has 5 N–H and O–H groups in total. The van der Waals surface area contributed by atoms with E-state index in [1.165, 1.54) is 20.2 Å². The van der Waals surface area contributed by atoms with Crippen molar-refractivity contribution < 1.29 is 29.3 Å². The molecule has 1 heterocycles. The molecular formula is C33H50N4O6. The van der Waals surface area contributed by atoms with Crippen molar-refractivity contribution in [1.82, 2.24) is 20.9 Å². The number of rotatable bonds is 20. The first kappa shape index (κ1) is 35.9. The van der Waals surface area contributed by atoms with E-state index in [0.717, 1.165) is 37.7 Å². The van der Waals surface area contributed by atoms with Gasteiger partial charge in [-0.1, -0.05) is 69.9 Å². The fourth-order valence-corrected chi connectivity index (χ4v) is 5.38. The number of carbonyl (C=O) groups is 3. The van der Waals surface area contributed by atoms with E-state index < -0.39 is 42.1 Å². The molecule has 3 amide bonds. The van der Waals surface area contributed by atoms with Crippen LogP contribution in [0.25, 0.3) is 0 Å². The standard InChI is InChI=1S/C33H50N4O6/c1-5-11-24(12-6-2)16-17-28(36-32(41)26-15-10-19-34-22-26)33(42)37-29(21-25-13-8-7-9-14-25)31(40)30(39)27(18-20-43-4)35-23(3)38/h7-10,13-15,19,22,24,27-31,39-40H,5-6,11-12,16-18,20-21H2,1-4H3,(H,35,38)(H,36,41)(H,37,42)/t27-,28-,29+,30-,31-/m1/s1. The lowest BCUT2D eigenvalue weighted by molar-refractivity contribution is -0.127. The van der Waals surface area contributed by atoms with Gasteiger partial charge in [-0.25, -0.2) is 0 Å². The summed E-state index contributed by atoms with van der Waals surface area (Å²) >= 11 is 0. The molecule has 2 rings (SSSR count). The molecule has 0 spiro atoms. The van der Waals surface area contributed by atoms with Gasteiger partial charge < -0.3 is 30.9 Å². The summed E-state index contributed by atoms with van der Waals surface area (Å²) in [6, 6.07) is 10.0. The Morgan fingerprint density at radius 3 is 2.09 bits per heavy atom. The second kappa shape index (κ2) is 19.8. The van der Waals surface area contributed by atoms with E-state index >= 15 is 0 Å². The third-order valence-electron chi connectivity index (χ3n) is 7.63. The monoisotopic (exact) mass is 598 g/mol. The first-order chi connectivity index (χ1) is 20.7. The van der Waals surface area contributed by atoms with Crippen LogP contribution < -0.4 is 16.0 Å². The van der Waals surface area contributed by atoms with Crippen molar-refractivity contribution in [3.8, 4) is 0 Å². The molecular weight excluding hydrogens is 548 g/mol. The van der Waals surface area contributed by atoms with Gasteiger partial charge in [0.25, 0.3) is 5.91 Å². The van der Waals surface area contributed by atoms with Gasteiger partial charge in [-0.2, -0.15) is 0 Å². The molecule has 0 radical (unpaired) electrons. The Kier molecular flexibility index (Phi) is 16.5. The van der Waals surface area contributed by atoms with Crippen molar-refractivity contribution in [3.63, 3.8) is 0 Å². The Hall–Kier alpha value is -3.34. The fraction of sp³-hybridized carbons (Fsp3) is 0.576. The van der Waals surface area contributed by atoms with E-state index in [1.54, 1.807) is 18.3 Å². The zero-order valence-electron chi connectivity index (χ0n) is 26.0. The number of carbonyl (C=O) groups excluding carboxylic acids is 3. The van der Waals surface area contributed by atoms with Crippen LogP contribution in [-0.4, -0.2) is 77.0 Å². The maximum Gasteiger partial charge on any atom is 0.253 e. The Morgan fingerprint density at radius 2 is 1.51 bits per heavy atom. The van der Waals surface area contributed by atoms with Gasteiger partial charge in [-0.05, 0) is 49.3 Å². The minimum absolute atomic E-state index is 0.222. The largest absolute Gasteiger partial charge is 0.388 e. The van der Waals surface area contributed by atoms with Gasteiger partial charge in [0, 0.05) is 33.0 Å². The van der Waals surface area contributed by atoms with Gasteiger partial charge in [0.1, 0.15) is 18.2 Å². The molecule has 0 saturated carbocycles. The van der Waals surface area contributed by atoms with Crippen molar-refractivity contribution in [2.45, 2.75) is 102 Å². The van der Waals surface area contributed by atoms with Crippen LogP contribution in [0.15, 0.2) is 54.9 Å². The second-order valence-corrected chi connectivity index (χ2v) is 11.2. The molecule has 1 aromatic carbocycles. The first-order valence-electron chi connectivity index (χ1n) is 15.4. The van der Waals surface area contributed by atoms with Crippen LogP contribution in [0, 0.1) is 5.92 Å². The van der Waals surface area contributed by atoms with Crippen LogP contribution >= 0.6 is 0 Å². The van der Waals surface area contributed by atoms with Crippen LogP contribution in [0.3, 0.4) is 0 Å². The number of methoxy groups -OCH3 is 1. The quantitative estimate of drug-likeness (QED) is 0.157. The molecule has 2 aromatic rings. The molecule has 0 fully saturated rings. The van der Waals surface area contributed by atoms with Crippen molar-refractivity contribution in [2.24, 2.45) is 5.92 Å². The molecule has 0 bridgehead atoms. The molecule has 5 atom stereocenters. The summed E-state index contributed by atoms with van der Waals surface area (Å²) in [6.07, 6.45) is 5.99. The lowest BCUT2D eigenvalue weighted by Gasteiger charge is -2.33. The van der Waals surface area contributed by atoms with Gasteiger partial charge in [0.05, 0.1) is 17.6 Å². The number of nitrogens with zero attached hydrogens (tertiary/aromatic N) is 1. The van der Waals surface area contributed by atoms with Crippen molar-refractivity contribution >= 4 is 17.7 Å². The second-order valence-electron chi connectivity index (χ2n) is 11.2. The van der Waals surface area contributed by atoms with Gasteiger partial charge in [0.2, 0.25) is 11.8 Å². The lowest BCUT2D eigenvalue weighted by atomic mass is 9.90. The molecule has 10 heteroatoms. The van der Waals surface area contributed by atoms with Gasteiger partial charge in [-0.3, -0.25) is 19.4 Å². The maximum absolute atomic E-state index is 13.9. The fourth-order valence-electron chi connectivity index (χ4n) is 5.38. The predicted molar refractivity (Wildman–Crippen MR) is 166 cm³/mol. The minimum atomic E-state index is -1.43. The number of pyridine rings is 1. The highest BCUT2D eigenvalue weighted by molar-refractivity contribution is 5.97. The number of ether oxygens (including phenoxy) is 1. The molecule has 1 aromatic heterocycles. The van der Waals surface area contributed by atoms with Crippen LogP contribution in [0.2, 0.25) is 0 Å². The number of aliphatic hydroxyl groups is 2. The lowest BCUT2D eigenvalue weighted by Crippen LogP contribution is -2.59. The molecule has 10 nitrogen and oxygen atoms in total. The summed E-state index contributed by atoms with van der Waals surface area (Å²) in [5.41, 5.74) is 1.18. The predicted octanol–water partition coefficient (Wildman–Crippen LogP) is 3.17. The third-order valence-corrected chi connectivity index (χ3v) is 7.63. The van der Waals surface area contributed by atoms with Gasteiger partial charge >= 0.3 is 0 Å². The molecule has 0 aliphatic heterocycles. The summed E-state index contributed by atoms with van der Waals surface area (Å²) in [7, 11) is 1.51. The van der Waals surface area contributed by atoms with Crippen LogP contribution in [0.1, 0.15) is 81.6 Å². The third kappa shape index (κ3) is 12.8. The molecule has 0 aliphatic rings. The number of amides is 3. The first-order valence-corrected chi connectivity index (χ1v) is 15.4. The Labute approximate surface area is 256 Å². The topological polar surface area (TPSA) is 150 Å². The Bertz CT molecular complexity index is 1080. The summed E-state index contributed by atoms with van der Waals surface area (Å²) in [4.78, 5) is 42.8. The minimum Gasteiger partial charge on any atom is -0.388 e. The summed E-state index contributed by atoms with van der Waals surface area (Å²) < 4.78 is 5.13. The average Bonchev–Trinajstić information content (AvgIpc) is 3.00. The van der Waals surface area contributed by atoms with E-state index in [9.17, 15) is 24.6 Å². The maximum atomic E-state index is 13.9. The number of hydrogen-bond acceptors (Lipinski definition) is 7. The highest BCUT2D eigenvalue weighted by Gasteiger charge is 2.35. The number of benzene rings is 1. The molecule has 0 aliphatic carbocycles. The highest BCUT2D eigenvalue weighted by Crippen LogP contribution is 2.21. The smallest absolute Gasteiger partial charge is 0.253 e. The van der Waals surface area contributed by atoms with E-state index in [-0.39, 0.29) is 25.4 Å². The summed E-state index contributed by atoms with van der Waals surface area (Å²) in [6.45, 7) is 5.86. The van der Waals surface area contributed by atoms with Crippen LogP contribution in [-0.2, 0) is 20.7 Å². The molecule has 0 unspecified atom stereocenters. The van der Waals surface area contributed by atoms with E-state index in [1.807, 2.05) is 30.3 Å². The molecule has 238 valence electrons. The average molecular weight is 599 g/mol. The molecule has 43 heavy (non-hydrogen) atoms. The number of aromatic nitrogens is 1.